The molecule has 0 aromatic carbocycles. The monoisotopic (exact) mass is 279 g/mol. The molecule has 3 N–H and O–H groups in total. The van der Waals surface area contributed by atoms with Crippen LogP contribution in [0.3, 0.4) is 0 Å². The van der Waals surface area contributed by atoms with Crippen LogP contribution in [0, 0.1) is 11.8 Å². The summed E-state index contributed by atoms with van der Waals surface area (Å²) in [6.07, 6.45) is 4.12. The molecule has 2 heterocycles. The summed E-state index contributed by atoms with van der Waals surface area (Å²) in [5.41, 5.74) is 6.59. The van der Waals surface area contributed by atoms with Crippen LogP contribution in [0.2, 0.25) is 0 Å². The Balaban J connectivity index is 1.76. The molecule has 2 fully saturated rings. The molecule has 5 heteroatoms. The van der Waals surface area contributed by atoms with Crippen molar-refractivity contribution in [2.24, 2.45) is 11.8 Å². The highest BCUT2D eigenvalue weighted by Gasteiger charge is 2.36. The highest BCUT2D eigenvalue weighted by Crippen LogP contribution is 2.42. The number of nitrogens with zero attached hydrogens (tertiary/aromatic N) is 1. The topological polar surface area (TPSA) is 58.4 Å². The first-order chi connectivity index (χ1) is 9.19. The van der Waals surface area contributed by atoms with Crippen molar-refractivity contribution < 1.29 is 4.79 Å². The smallest absolute Gasteiger partial charge is 0.263 e. The van der Waals surface area contributed by atoms with Gasteiger partial charge in [0.25, 0.3) is 5.91 Å². The number of anilines is 2. The van der Waals surface area contributed by atoms with Gasteiger partial charge in [0, 0.05) is 19.6 Å². The molecule has 2 aliphatic rings. The standard InChI is InChI=1S/C14H21N3OS/c1-2-16-14(18)13-11(15)6-12(19-13)17-7-9-4-3-5-10(9)8-17/h6,9-10H,2-5,7-8,15H2,1H3,(H,16,18). The number of nitrogen functional groups attached to an aromatic ring is 1. The molecule has 1 saturated heterocycles. The van der Waals surface area contributed by atoms with Crippen LogP contribution < -0.4 is 16.0 Å². The van der Waals surface area contributed by atoms with Crippen LogP contribution >= 0.6 is 11.3 Å². The highest BCUT2D eigenvalue weighted by molar-refractivity contribution is 7.18. The third kappa shape index (κ3) is 2.31. The van der Waals surface area contributed by atoms with Crippen LogP contribution in [0.1, 0.15) is 35.9 Å². The van der Waals surface area contributed by atoms with E-state index < -0.39 is 0 Å². The molecule has 19 heavy (non-hydrogen) atoms. The van der Waals surface area contributed by atoms with Crippen molar-refractivity contribution in [3.05, 3.63) is 10.9 Å². The maximum absolute atomic E-state index is 11.9. The predicted octanol–water partition coefficient (Wildman–Crippen LogP) is 2.32. The maximum atomic E-state index is 11.9. The second-order valence-electron chi connectivity index (χ2n) is 5.58. The summed E-state index contributed by atoms with van der Waals surface area (Å²) in [5.74, 6) is 1.67. The molecule has 4 nitrogen and oxygen atoms in total. The number of hydrogen-bond acceptors (Lipinski definition) is 4. The summed E-state index contributed by atoms with van der Waals surface area (Å²) in [7, 11) is 0. The lowest BCUT2D eigenvalue weighted by Gasteiger charge is -2.16. The van der Waals surface area contributed by atoms with Gasteiger partial charge < -0.3 is 16.0 Å². The van der Waals surface area contributed by atoms with E-state index in [2.05, 4.69) is 10.2 Å². The largest absolute Gasteiger partial charge is 0.397 e. The van der Waals surface area contributed by atoms with E-state index in [9.17, 15) is 4.79 Å². The number of nitrogens with two attached hydrogens (primary N) is 1. The van der Waals surface area contributed by atoms with Crippen LogP contribution in [0.25, 0.3) is 0 Å². The van der Waals surface area contributed by atoms with Crippen molar-refractivity contribution >= 4 is 27.9 Å². The van der Waals surface area contributed by atoms with E-state index in [1.54, 1.807) is 0 Å². The number of carbonyl (C=O) groups excluding carboxylic acids is 1. The quantitative estimate of drug-likeness (QED) is 0.892. The first-order valence-electron chi connectivity index (χ1n) is 7.11. The Morgan fingerprint density at radius 1 is 1.47 bits per heavy atom. The molecule has 3 rings (SSSR count). The number of carbonyl (C=O) groups is 1. The molecule has 1 amide bonds. The van der Waals surface area contributed by atoms with Crippen molar-refractivity contribution in [3.63, 3.8) is 0 Å². The zero-order valence-corrected chi connectivity index (χ0v) is 12.1. The third-order valence-electron chi connectivity index (χ3n) is 4.33. The van der Waals surface area contributed by atoms with Gasteiger partial charge in [0.15, 0.2) is 0 Å². The van der Waals surface area contributed by atoms with Crippen LogP contribution in [0.15, 0.2) is 6.07 Å². The van der Waals surface area contributed by atoms with Gasteiger partial charge in [0.05, 0.1) is 10.7 Å². The molecule has 1 aromatic heterocycles. The zero-order chi connectivity index (χ0) is 13.4. The van der Waals surface area contributed by atoms with E-state index in [4.69, 9.17) is 5.73 Å². The Bertz CT molecular complexity index is 473. The van der Waals surface area contributed by atoms with Gasteiger partial charge in [-0.2, -0.15) is 0 Å². The summed E-state index contributed by atoms with van der Waals surface area (Å²) in [6, 6.07) is 1.97. The second kappa shape index (κ2) is 5.04. The van der Waals surface area contributed by atoms with Gasteiger partial charge >= 0.3 is 0 Å². The Kier molecular flexibility index (Phi) is 3.39. The average Bonchev–Trinajstić information content (AvgIpc) is 3.01. The number of rotatable bonds is 3. The third-order valence-corrected chi connectivity index (χ3v) is 5.54. The van der Waals surface area contributed by atoms with Crippen molar-refractivity contribution in [1.82, 2.24) is 5.32 Å². The molecule has 1 aliphatic heterocycles. The lowest BCUT2D eigenvalue weighted by molar-refractivity contribution is 0.0960. The fourth-order valence-electron chi connectivity index (χ4n) is 3.38. The number of nitrogens with one attached hydrogen (secondary N) is 1. The number of amides is 1. The van der Waals surface area contributed by atoms with E-state index in [0.29, 0.717) is 17.1 Å². The fraction of sp³-hybridized carbons (Fsp3) is 0.643. The van der Waals surface area contributed by atoms with E-state index >= 15 is 0 Å². The summed E-state index contributed by atoms with van der Waals surface area (Å²) < 4.78 is 0. The van der Waals surface area contributed by atoms with Gasteiger partial charge in [0.2, 0.25) is 0 Å². The van der Waals surface area contributed by atoms with Crippen molar-refractivity contribution in [1.29, 1.82) is 0 Å². The number of hydrogen-bond donors (Lipinski definition) is 2. The van der Waals surface area contributed by atoms with Crippen molar-refractivity contribution in [2.75, 3.05) is 30.3 Å². The lowest BCUT2D eigenvalue weighted by Crippen LogP contribution is -2.22. The van der Waals surface area contributed by atoms with Crippen LogP contribution in [0.4, 0.5) is 10.7 Å². The minimum absolute atomic E-state index is 0.0457. The molecule has 0 bridgehead atoms. The van der Waals surface area contributed by atoms with Gasteiger partial charge in [-0.15, -0.1) is 11.3 Å². The van der Waals surface area contributed by atoms with Gasteiger partial charge in [0.1, 0.15) is 4.88 Å². The van der Waals surface area contributed by atoms with E-state index in [1.165, 1.54) is 30.6 Å². The summed E-state index contributed by atoms with van der Waals surface area (Å²) >= 11 is 1.53. The zero-order valence-electron chi connectivity index (χ0n) is 11.3. The van der Waals surface area contributed by atoms with Crippen LogP contribution in [-0.2, 0) is 0 Å². The van der Waals surface area contributed by atoms with Crippen molar-refractivity contribution in [2.45, 2.75) is 26.2 Å². The summed E-state index contributed by atoms with van der Waals surface area (Å²) in [4.78, 5) is 15.0. The highest BCUT2D eigenvalue weighted by atomic mass is 32.1. The fourth-order valence-corrected chi connectivity index (χ4v) is 4.40. The lowest BCUT2D eigenvalue weighted by atomic mass is 10.0. The number of fused-ring (bicyclic) bond motifs is 1. The molecular weight excluding hydrogens is 258 g/mol. The Morgan fingerprint density at radius 3 is 2.79 bits per heavy atom. The Morgan fingerprint density at radius 2 is 2.16 bits per heavy atom. The molecule has 0 spiro atoms. The molecule has 1 aromatic rings. The van der Waals surface area contributed by atoms with Gasteiger partial charge in [-0.3, -0.25) is 4.79 Å². The Labute approximate surface area is 118 Å². The minimum Gasteiger partial charge on any atom is -0.397 e. The second-order valence-corrected chi connectivity index (χ2v) is 6.62. The average molecular weight is 279 g/mol. The molecule has 104 valence electrons. The molecule has 2 atom stereocenters. The first-order valence-corrected chi connectivity index (χ1v) is 7.93. The molecule has 0 radical (unpaired) electrons. The van der Waals surface area contributed by atoms with E-state index in [0.717, 1.165) is 29.9 Å². The first kappa shape index (κ1) is 12.8. The summed E-state index contributed by atoms with van der Waals surface area (Å²) in [6.45, 7) is 4.84. The van der Waals surface area contributed by atoms with Crippen molar-refractivity contribution in [3.8, 4) is 0 Å². The van der Waals surface area contributed by atoms with Crippen LogP contribution in [-0.4, -0.2) is 25.5 Å². The SMILES string of the molecule is CCNC(=O)c1sc(N2CC3CCCC3C2)cc1N. The van der Waals surface area contributed by atoms with E-state index in [1.807, 2.05) is 13.0 Å². The number of thiophene rings is 1. The van der Waals surface area contributed by atoms with Gasteiger partial charge in [-0.1, -0.05) is 6.42 Å². The van der Waals surface area contributed by atoms with Gasteiger partial charge in [-0.25, -0.2) is 0 Å². The molecule has 2 unspecified atom stereocenters. The normalized spacial score (nSPS) is 25.6. The Hall–Kier alpha value is -1.23. The summed E-state index contributed by atoms with van der Waals surface area (Å²) in [5, 5.41) is 3.98. The van der Waals surface area contributed by atoms with Gasteiger partial charge in [-0.05, 0) is 37.7 Å². The predicted molar refractivity (Wildman–Crippen MR) is 79.8 cm³/mol. The minimum atomic E-state index is -0.0457. The van der Waals surface area contributed by atoms with E-state index in [-0.39, 0.29) is 5.91 Å². The molecule has 1 saturated carbocycles. The molecular formula is C14H21N3OS. The maximum Gasteiger partial charge on any atom is 0.263 e. The van der Waals surface area contributed by atoms with Crippen LogP contribution in [0.5, 0.6) is 0 Å². The molecule has 1 aliphatic carbocycles.